The summed E-state index contributed by atoms with van der Waals surface area (Å²) in [4.78, 5) is 21.3. The zero-order chi connectivity index (χ0) is 17.8. The van der Waals surface area contributed by atoms with E-state index in [1.807, 2.05) is 26.0 Å². The number of aryl methyl sites for hydroxylation is 1. The van der Waals surface area contributed by atoms with Crippen LogP contribution in [-0.2, 0) is 6.42 Å². The van der Waals surface area contributed by atoms with Crippen molar-refractivity contribution in [3.8, 4) is 0 Å². The summed E-state index contributed by atoms with van der Waals surface area (Å²) in [6.07, 6.45) is 8.29. The van der Waals surface area contributed by atoms with Crippen molar-refractivity contribution in [2.75, 3.05) is 0 Å². The third kappa shape index (κ3) is 4.57. The van der Waals surface area contributed by atoms with Crippen LogP contribution in [0.2, 0.25) is 5.15 Å². The van der Waals surface area contributed by atoms with E-state index in [0.717, 1.165) is 35.2 Å². The van der Waals surface area contributed by atoms with Gasteiger partial charge in [0.05, 0.1) is 0 Å². The molecule has 1 aliphatic carbocycles. The number of aromatic nitrogens is 2. The van der Waals surface area contributed by atoms with E-state index in [9.17, 15) is 4.79 Å². The molecule has 132 valence electrons. The largest absolute Gasteiger partial charge is 0.348 e. The smallest absolute Gasteiger partial charge is 0.270 e. The minimum atomic E-state index is -0.0644. The standard InChI is InChI=1S/C20H24ClN3O/c1-13-14(2)23-18(20(25)24-17-6-4-3-5-7-17)11-16(13)10-15-8-9-19(21)22-12-15/h8-9,11-12,17H,3-7,10H2,1-2H3,(H,24,25). The van der Waals surface area contributed by atoms with Gasteiger partial charge in [-0.1, -0.05) is 36.9 Å². The highest BCUT2D eigenvalue weighted by molar-refractivity contribution is 6.29. The third-order valence-corrected chi connectivity index (χ3v) is 5.20. The average molecular weight is 358 g/mol. The molecule has 4 nitrogen and oxygen atoms in total. The summed E-state index contributed by atoms with van der Waals surface area (Å²) in [5.74, 6) is -0.0644. The number of halogens is 1. The van der Waals surface area contributed by atoms with Crippen molar-refractivity contribution in [1.82, 2.24) is 15.3 Å². The molecule has 0 radical (unpaired) electrons. The summed E-state index contributed by atoms with van der Waals surface area (Å²) in [6.45, 7) is 4.00. The Balaban J connectivity index is 1.79. The molecular weight excluding hydrogens is 334 g/mol. The summed E-state index contributed by atoms with van der Waals surface area (Å²) >= 11 is 5.86. The van der Waals surface area contributed by atoms with Crippen LogP contribution in [0.5, 0.6) is 0 Å². The third-order valence-electron chi connectivity index (χ3n) is 4.98. The number of nitrogens with zero attached hydrogens (tertiary/aromatic N) is 2. The van der Waals surface area contributed by atoms with Gasteiger partial charge in [0.1, 0.15) is 10.8 Å². The zero-order valence-corrected chi connectivity index (χ0v) is 15.6. The van der Waals surface area contributed by atoms with E-state index in [1.54, 1.807) is 12.3 Å². The van der Waals surface area contributed by atoms with Crippen molar-refractivity contribution in [1.29, 1.82) is 0 Å². The predicted molar refractivity (Wildman–Crippen MR) is 100 cm³/mol. The molecule has 2 heterocycles. The number of hydrogen-bond acceptors (Lipinski definition) is 3. The molecule has 1 amide bonds. The first-order chi connectivity index (χ1) is 12.0. The van der Waals surface area contributed by atoms with Gasteiger partial charge in [-0.25, -0.2) is 9.97 Å². The van der Waals surface area contributed by atoms with Gasteiger partial charge < -0.3 is 5.32 Å². The fraction of sp³-hybridized carbons (Fsp3) is 0.450. The fourth-order valence-electron chi connectivity index (χ4n) is 3.34. The Morgan fingerprint density at radius 1 is 1.24 bits per heavy atom. The Hall–Kier alpha value is -1.94. The predicted octanol–water partition coefficient (Wildman–Crippen LogP) is 4.40. The van der Waals surface area contributed by atoms with E-state index in [0.29, 0.717) is 17.3 Å². The fourth-order valence-corrected chi connectivity index (χ4v) is 3.45. The van der Waals surface area contributed by atoms with Crippen molar-refractivity contribution in [3.63, 3.8) is 0 Å². The minimum absolute atomic E-state index is 0.0644. The number of pyridine rings is 2. The van der Waals surface area contributed by atoms with Crippen molar-refractivity contribution in [2.45, 2.75) is 58.4 Å². The number of rotatable bonds is 4. The van der Waals surface area contributed by atoms with Crippen LogP contribution in [0.4, 0.5) is 0 Å². The number of nitrogens with one attached hydrogen (secondary N) is 1. The van der Waals surface area contributed by atoms with Crippen LogP contribution in [0.1, 0.15) is 65.0 Å². The van der Waals surface area contributed by atoms with E-state index in [2.05, 4.69) is 15.3 Å². The second kappa shape index (κ2) is 7.96. The van der Waals surface area contributed by atoms with E-state index in [-0.39, 0.29) is 11.9 Å². The van der Waals surface area contributed by atoms with Crippen molar-refractivity contribution >= 4 is 17.5 Å². The lowest BCUT2D eigenvalue weighted by Gasteiger charge is -2.23. The Morgan fingerprint density at radius 2 is 2.00 bits per heavy atom. The van der Waals surface area contributed by atoms with Crippen LogP contribution < -0.4 is 5.32 Å². The quantitative estimate of drug-likeness (QED) is 0.825. The molecule has 0 bridgehead atoms. The van der Waals surface area contributed by atoms with Gasteiger partial charge in [-0.2, -0.15) is 0 Å². The Morgan fingerprint density at radius 3 is 2.68 bits per heavy atom. The summed E-state index contributed by atoms with van der Waals surface area (Å²) in [5.41, 5.74) is 4.69. The Bertz CT molecular complexity index is 752. The highest BCUT2D eigenvalue weighted by atomic mass is 35.5. The first-order valence-electron chi connectivity index (χ1n) is 8.91. The Labute approximate surface area is 154 Å². The van der Waals surface area contributed by atoms with Crippen molar-refractivity contribution < 1.29 is 4.79 Å². The second-order valence-corrected chi connectivity index (χ2v) is 7.24. The van der Waals surface area contributed by atoms with Gasteiger partial charge in [0, 0.05) is 17.9 Å². The molecule has 1 N–H and O–H groups in total. The van der Waals surface area contributed by atoms with Gasteiger partial charge in [0.15, 0.2) is 0 Å². The summed E-state index contributed by atoms with van der Waals surface area (Å²) in [6, 6.07) is 5.95. The maximum atomic E-state index is 12.6. The number of carbonyl (C=O) groups is 1. The molecule has 0 atom stereocenters. The normalized spacial score (nSPS) is 15.2. The minimum Gasteiger partial charge on any atom is -0.348 e. The maximum absolute atomic E-state index is 12.6. The first kappa shape index (κ1) is 17.9. The highest BCUT2D eigenvalue weighted by Crippen LogP contribution is 2.20. The topological polar surface area (TPSA) is 54.9 Å². The number of hydrogen-bond donors (Lipinski definition) is 1. The molecule has 25 heavy (non-hydrogen) atoms. The zero-order valence-electron chi connectivity index (χ0n) is 14.8. The molecule has 0 aliphatic heterocycles. The second-order valence-electron chi connectivity index (χ2n) is 6.85. The molecule has 2 aromatic heterocycles. The van der Waals surface area contributed by atoms with Gasteiger partial charge >= 0.3 is 0 Å². The lowest BCUT2D eigenvalue weighted by Crippen LogP contribution is -2.36. The lowest BCUT2D eigenvalue weighted by molar-refractivity contribution is 0.0922. The van der Waals surface area contributed by atoms with Crippen LogP contribution in [-0.4, -0.2) is 21.9 Å². The summed E-state index contributed by atoms with van der Waals surface area (Å²) in [5, 5.41) is 3.63. The SMILES string of the molecule is Cc1nc(C(=O)NC2CCCCC2)cc(Cc2ccc(Cl)nc2)c1C. The molecule has 1 aliphatic rings. The highest BCUT2D eigenvalue weighted by Gasteiger charge is 2.19. The van der Waals surface area contributed by atoms with Crippen LogP contribution in [0, 0.1) is 13.8 Å². The first-order valence-corrected chi connectivity index (χ1v) is 9.29. The molecule has 0 aromatic carbocycles. The van der Waals surface area contributed by atoms with Crippen LogP contribution >= 0.6 is 11.6 Å². The van der Waals surface area contributed by atoms with Crippen LogP contribution in [0.25, 0.3) is 0 Å². The van der Waals surface area contributed by atoms with Crippen molar-refractivity contribution in [2.24, 2.45) is 0 Å². The molecule has 3 rings (SSSR count). The summed E-state index contributed by atoms with van der Waals surface area (Å²) < 4.78 is 0. The van der Waals surface area contributed by atoms with E-state index in [1.165, 1.54) is 19.3 Å². The number of amides is 1. The van der Waals surface area contributed by atoms with Crippen LogP contribution in [0.3, 0.4) is 0 Å². The summed E-state index contributed by atoms with van der Waals surface area (Å²) in [7, 11) is 0. The van der Waals surface area contributed by atoms with Gasteiger partial charge in [0.2, 0.25) is 0 Å². The molecule has 0 spiro atoms. The molecule has 0 unspecified atom stereocenters. The lowest BCUT2D eigenvalue weighted by atomic mass is 9.95. The van der Waals surface area contributed by atoms with Gasteiger partial charge in [-0.05, 0) is 61.9 Å². The molecule has 1 fully saturated rings. The van der Waals surface area contributed by atoms with E-state index in [4.69, 9.17) is 11.6 Å². The van der Waals surface area contributed by atoms with Gasteiger partial charge in [0.25, 0.3) is 5.91 Å². The van der Waals surface area contributed by atoms with Gasteiger partial charge in [-0.3, -0.25) is 4.79 Å². The molecular formula is C20H24ClN3O. The average Bonchev–Trinajstić information content (AvgIpc) is 2.61. The van der Waals surface area contributed by atoms with Gasteiger partial charge in [-0.15, -0.1) is 0 Å². The monoisotopic (exact) mass is 357 g/mol. The molecule has 2 aromatic rings. The molecule has 5 heteroatoms. The Kier molecular flexibility index (Phi) is 5.69. The van der Waals surface area contributed by atoms with Crippen LogP contribution in [0.15, 0.2) is 24.4 Å². The van der Waals surface area contributed by atoms with E-state index < -0.39 is 0 Å². The molecule has 1 saturated carbocycles. The number of carbonyl (C=O) groups excluding carboxylic acids is 1. The maximum Gasteiger partial charge on any atom is 0.270 e. The molecule has 0 saturated heterocycles. The van der Waals surface area contributed by atoms with Crippen molar-refractivity contribution in [3.05, 3.63) is 57.6 Å². The van der Waals surface area contributed by atoms with E-state index >= 15 is 0 Å².